The molecule has 1 heterocycles. The van der Waals surface area contributed by atoms with Crippen LogP contribution in [0, 0.1) is 17.6 Å². The molecule has 0 spiro atoms. The molecule has 2 aromatic rings. The van der Waals surface area contributed by atoms with Crippen LogP contribution in [0.5, 0.6) is 0 Å². The summed E-state index contributed by atoms with van der Waals surface area (Å²) in [5.74, 6) is -1.84. The summed E-state index contributed by atoms with van der Waals surface area (Å²) in [6, 6.07) is 2.79. The van der Waals surface area contributed by atoms with Crippen LogP contribution in [-0.4, -0.2) is 22.1 Å². The van der Waals surface area contributed by atoms with Crippen molar-refractivity contribution in [1.82, 2.24) is 15.5 Å². The standard InChI is InChI=1S/C15H18F2N4O2/c1-8(2)6-11(18)14(22)19-7-12-20-15(23-21-12)13-9(16)4-3-5-10(13)17/h3-5,8,11H,6-7,18H2,1-2H3,(H,19,22)/t11-/m1/s1. The third-order valence-electron chi connectivity index (χ3n) is 3.13. The molecule has 1 aromatic carbocycles. The normalized spacial score (nSPS) is 12.4. The SMILES string of the molecule is CC(C)C[C@@H](N)C(=O)NCc1noc(-c2c(F)cccc2F)n1. The molecule has 0 bridgehead atoms. The van der Waals surface area contributed by atoms with Gasteiger partial charge in [0.05, 0.1) is 12.6 Å². The van der Waals surface area contributed by atoms with Crippen LogP contribution in [-0.2, 0) is 11.3 Å². The maximum absolute atomic E-state index is 13.6. The van der Waals surface area contributed by atoms with Crippen LogP contribution in [0.25, 0.3) is 11.5 Å². The van der Waals surface area contributed by atoms with Crippen molar-refractivity contribution in [2.45, 2.75) is 32.9 Å². The number of hydrogen-bond donors (Lipinski definition) is 2. The Morgan fingerprint density at radius 2 is 2.00 bits per heavy atom. The van der Waals surface area contributed by atoms with E-state index in [9.17, 15) is 13.6 Å². The molecule has 0 aliphatic heterocycles. The Morgan fingerprint density at radius 1 is 1.35 bits per heavy atom. The summed E-state index contributed by atoms with van der Waals surface area (Å²) in [7, 11) is 0. The number of carbonyl (C=O) groups excluding carboxylic acids is 1. The van der Waals surface area contributed by atoms with Crippen molar-refractivity contribution in [2.75, 3.05) is 0 Å². The molecule has 2 rings (SSSR count). The van der Waals surface area contributed by atoms with E-state index in [2.05, 4.69) is 15.5 Å². The number of benzene rings is 1. The molecule has 23 heavy (non-hydrogen) atoms. The Kier molecular flexibility index (Phi) is 5.38. The third-order valence-corrected chi connectivity index (χ3v) is 3.13. The van der Waals surface area contributed by atoms with Gasteiger partial charge < -0.3 is 15.6 Å². The van der Waals surface area contributed by atoms with E-state index in [-0.39, 0.29) is 30.1 Å². The molecule has 3 N–H and O–H groups in total. The number of nitrogens with two attached hydrogens (primary N) is 1. The summed E-state index contributed by atoms with van der Waals surface area (Å²) in [4.78, 5) is 15.7. The van der Waals surface area contributed by atoms with Crippen molar-refractivity contribution in [2.24, 2.45) is 11.7 Å². The summed E-state index contributed by atoms with van der Waals surface area (Å²) in [6.07, 6.45) is 0.545. The van der Waals surface area contributed by atoms with E-state index in [1.54, 1.807) is 0 Å². The topological polar surface area (TPSA) is 94.0 Å². The quantitative estimate of drug-likeness (QED) is 0.847. The molecule has 1 amide bonds. The predicted octanol–water partition coefficient (Wildman–Crippen LogP) is 2.00. The van der Waals surface area contributed by atoms with Gasteiger partial charge in [0, 0.05) is 0 Å². The van der Waals surface area contributed by atoms with E-state index in [1.165, 1.54) is 6.07 Å². The number of nitrogens with one attached hydrogen (secondary N) is 1. The number of halogens is 2. The van der Waals surface area contributed by atoms with Crippen LogP contribution in [0.2, 0.25) is 0 Å². The van der Waals surface area contributed by atoms with E-state index < -0.39 is 23.2 Å². The maximum atomic E-state index is 13.6. The van der Waals surface area contributed by atoms with Gasteiger partial charge in [0.15, 0.2) is 5.82 Å². The molecule has 1 atom stereocenters. The van der Waals surface area contributed by atoms with E-state index in [1.807, 2.05) is 13.8 Å². The van der Waals surface area contributed by atoms with Crippen LogP contribution in [0.1, 0.15) is 26.1 Å². The summed E-state index contributed by atoms with van der Waals surface area (Å²) in [5.41, 5.74) is 5.35. The molecule has 6 nitrogen and oxygen atoms in total. The second-order valence-corrected chi connectivity index (χ2v) is 5.57. The summed E-state index contributed by atoms with van der Waals surface area (Å²) < 4.78 is 32.1. The number of carbonyl (C=O) groups is 1. The molecule has 0 radical (unpaired) electrons. The lowest BCUT2D eigenvalue weighted by molar-refractivity contribution is -0.122. The largest absolute Gasteiger partial charge is 0.347 e. The zero-order valence-corrected chi connectivity index (χ0v) is 12.8. The lowest BCUT2D eigenvalue weighted by Gasteiger charge is -2.12. The van der Waals surface area contributed by atoms with Crippen LogP contribution in [0.3, 0.4) is 0 Å². The lowest BCUT2D eigenvalue weighted by atomic mass is 10.0. The lowest BCUT2D eigenvalue weighted by Crippen LogP contribution is -2.41. The molecule has 0 unspecified atom stereocenters. The van der Waals surface area contributed by atoms with Gasteiger partial charge in [0.25, 0.3) is 5.89 Å². The van der Waals surface area contributed by atoms with Crippen LogP contribution >= 0.6 is 0 Å². The van der Waals surface area contributed by atoms with Gasteiger partial charge in [0.1, 0.15) is 17.2 Å². The predicted molar refractivity (Wildman–Crippen MR) is 78.9 cm³/mol. The maximum Gasteiger partial charge on any atom is 0.263 e. The number of amides is 1. The summed E-state index contributed by atoms with van der Waals surface area (Å²) in [6.45, 7) is 3.88. The molecule has 124 valence electrons. The van der Waals surface area contributed by atoms with E-state index in [0.29, 0.717) is 6.42 Å². The minimum absolute atomic E-state index is 0.0375. The first-order valence-corrected chi connectivity index (χ1v) is 7.18. The molecular formula is C15H18F2N4O2. The third kappa shape index (κ3) is 4.32. The fraction of sp³-hybridized carbons (Fsp3) is 0.400. The van der Waals surface area contributed by atoms with Gasteiger partial charge in [-0.25, -0.2) is 8.78 Å². The van der Waals surface area contributed by atoms with Gasteiger partial charge in [-0.2, -0.15) is 4.98 Å². The zero-order chi connectivity index (χ0) is 17.0. The summed E-state index contributed by atoms with van der Waals surface area (Å²) in [5, 5.41) is 6.15. The number of hydrogen-bond acceptors (Lipinski definition) is 5. The van der Waals surface area contributed by atoms with Gasteiger partial charge in [-0.3, -0.25) is 4.79 Å². The molecule has 0 saturated heterocycles. The number of nitrogens with zero attached hydrogens (tertiary/aromatic N) is 2. The second-order valence-electron chi connectivity index (χ2n) is 5.57. The monoisotopic (exact) mass is 324 g/mol. The highest BCUT2D eigenvalue weighted by Crippen LogP contribution is 2.24. The van der Waals surface area contributed by atoms with Gasteiger partial charge in [-0.05, 0) is 24.5 Å². The van der Waals surface area contributed by atoms with Crippen LogP contribution in [0.4, 0.5) is 8.78 Å². The first-order valence-electron chi connectivity index (χ1n) is 7.18. The molecule has 8 heteroatoms. The van der Waals surface area contributed by atoms with Crippen molar-refractivity contribution in [3.63, 3.8) is 0 Å². The molecule has 1 aromatic heterocycles. The van der Waals surface area contributed by atoms with E-state index in [0.717, 1.165) is 12.1 Å². The van der Waals surface area contributed by atoms with Gasteiger partial charge in [0.2, 0.25) is 5.91 Å². The van der Waals surface area contributed by atoms with Crippen molar-refractivity contribution in [3.8, 4) is 11.5 Å². The van der Waals surface area contributed by atoms with Gasteiger partial charge >= 0.3 is 0 Å². The molecular weight excluding hydrogens is 306 g/mol. The van der Waals surface area contributed by atoms with Crippen LogP contribution in [0.15, 0.2) is 22.7 Å². The summed E-state index contributed by atoms with van der Waals surface area (Å²) >= 11 is 0. The number of rotatable bonds is 6. The van der Waals surface area contributed by atoms with Crippen molar-refractivity contribution in [1.29, 1.82) is 0 Å². The van der Waals surface area contributed by atoms with Gasteiger partial charge in [-0.15, -0.1) is 0 Å². The Labute approximate surface area is 132 Å². The Hall–Kier alpha value is -2.35. The Balaban J connectivity index is 2.02. The highest BCUT2D eigenvalue weighted by atomic mass is 19.1. The second kappa shape index (κ2) is 7.28. The minimum atomic E-state index is -0.803. The fourth-order valence-corrected chi connectivity index (χ4v) is 2.04. The first-order chi connectivity index (χ1) is 10.9. The van der Waals surface area contributed by atoms with Crippen molar-refractivity contribution >= 4 is 5.91 Å². The highest BCUT2D eigenvalue weighted by molar-refractivity contribution is 5.81. The molecule has 0 aliphatic carbocycles. The average Bonchev–Trinajstić information content (AvgIpc) is 2.92. The first kappa shape index (κ1) is 17.0. The zero-order valence-electron chi connectivity index (χ0n) is 12.8. The van der Waals surface area contributed by atoms with Crippen molar-refractivity contribution < 1.29 is 18.1 Å². The highest BCUT2D eigenvalue weighted by Gasteiger charge is 2.19. The Bertz CT molecular complexity index is 668. The Morgan fingerprint density at radius 3 is 2.61 bits per heavy atom. The fourth-order valence-electron chi connectivity index (χ4n) is 2.04. The van der Waals surface area contributed by atoms with Crippen molar-refractivity contribution in [3.05, 3.63) is 35.7 Å². The average molecular weight is 324 g/mol. The van der Waals surface area contributed by atoms with Gasteiger partial charge in [-0.1, -0.05) is 25.1 Å². The molecule has 0 aliphatic rings. The van der Waals surface area contributed by atoms with Crippen LogP contribution < -0.4 is 11.1 Å². The van der Waals surface area contributed by atoms with E-state index >= 15 is 0 Å². The minimum Gasteiger partial charge on any atom is -0.347 e. The smallest absolute Gasteiger partial charge is 0.263 e. The number of aromatic nitrogens is 2. The molecule has 0 saturated carbocycles. The van der Waals surface area contributed by atoms with E-state index in [4.69, 9.17) is 10.3 Å². The molecule has 0 fully saturated rings.